The lowest BCUT2D eigenvalue weighted by Gasteiger charge is -2.12. The molecule has 0 radical (unpaired) electrons. The Morgan fingerprint density at radius 3 is 2.16 bits per heavy atom. The lowest BCUT2D eigenvalue weighted by molar-refractivity contribution is 0.0925. The van der Waals surface area contributed by atoms with E-state index in [9.17, 15) is 14.7 Å². The van der Waals surface area contributed by atoms with Gasteiger partial charge in [0.05, 0.1) is 12.9 Å². The molecule has 0 saturated heterocycles. The van der Waals surface area contributed by atoms with E-state index in [0.29, 0.717) is 12.3 Å². The van der Waals surface area contributed by atoms with E-state index in [2.05, 4.69) is 15.0 Å². The zero-order chi connectivity index (χ0) is 22.3. The number of nitrogens with one attached hydrogen (secondary N) is 2. The Morgan fingerprint density at radius 1 is 0.938 bits per heavy atom. The smallest absolute Gasteiger partial charge is 0.272 e. The minimum Gasteiger partial charge on any atom is -0.491 e. The molecule has 2 heterocycles. The summed E-state index contributed by atoms with van der Waals surface area (Å²) in [6, 6.07) is 16.3. The van der Waals surface area contributed by atoms with Gasteiger partial charge in [-0.2, -0.15) is 0 Å². The number of nitrogens with zero attached hydrogens (tertiary/aromatic N) is 2. The van der Waals surface area contributed by atoms with Gasteiger partial charge in [-0.1, -0.05) is 42.5 Å². The van der Waals surface area contributed by atoms with Gasteiger partial charge in [0.25, 0.3) is 11.1 Å². The van der Waals surface area contributed by atoms with Crippen LogP contribution < -0.4 is 26.6 Å². The second-order valence-electron chi connectivity index (χ2n) is 7.23. The molecule has 0 aliphatic carbocycles. The molecule has 4 aromatic rings. The third-order valence-electron chi connectivity index (χ3n) is 4.71. The molecule has 0 fully saturated rings. The summed E-state index contributed by atoms with van der Waals surface area (Å²) in [5.41, 5.74) is 0.759. The largest absolute Gasteiger partial charge is 0.491 e. The number of aromatic amines is 2. The van der Waals surface area contributed by atoms with E-state index < -0.39 is 11.7 Å². The average molecular weight is 430 g/mol. The van der Waals surface area contributed by atoms with Gasteiger partial charge < -0.3 is 24.4 Å². The Labute approximate surface area is 182 Å². The molecule has 32 heavy (non-hydrogen) atoms. The van der Waals surface area contributed by atoms with Crippen LogP contribution in [0, 0.1) is 0 Å². The van der Waals surface area contributed by atoms with Crippen molar-refractivity contribution in [2.75, 3.05) is 6.61 Å². The van der Waals surface area contributed by atoms with Gasteiger partial charge in [-0.15, -0.1) is 0 Å². The van der Waals surface area contributed by atoms with Crippen LogP contribution in [0.5, 0.6) is 5.75 Å². The molecular formula is C24H22N4O4. The highest BCUT2D eigenvalue weighted by atomic mass is 16.5. The fourth-order valence-electron chi connectivity index (χ4n) is 3.12. The Hall–Kier alpha value is -4.17. The summed E-state index contributed by atoms with van der Waals surface area (Å²) < 4.78 is 7.38. The lowest BCUT2D eigenvalue weighted by atomic mass is 10.2. The van der Waals surface area contributed by atoms with E-state index >= 15 is 0 Å². The van der Waals surface area contributed by atoms with Crippen LogP contribution in [-0.4, -0.2) is 37.3 Å². The van der Waals surface area contributed by atoms with Crippen LogP contribution in [0.25, 0.3) is 12.2 Å². The fraction of sp³-hybridized carbons (Fsp3) is 0.125. The molecule has 0 spiro atoms. The quantitative estimate of drug-likeness (QED) is 0.392. The van der Waals surface area contributed by atoms with E-state index in [-0.39, 0.29) is 22.9 Å². The number of benzene rings is 2. The van der Waals surface area contributed by atoms with Crippen LogP contribution in [0.3, 0.4) is 0 Å². The first-order valence-electron chi connectivity index (χ1n) is 10.0. The zero-order valence-electron chi connectivity index (χ0n) is 17.1. The van der Waals surface area contributed by atoms with Gasteiger partial charge >= 0.3 is 0 Å². The molecule has 8 nitrogen and oxygen atoms in total. The molecular weight excluding hydrogens is 408 g/mol. The number of H-pyrrole nitrogens is 2. The number of aliphatic hydroxyl groups is 1. The molecule has 4 rings (SSSR count). The summed E-state index contributed by atoms with van der Waals surface area (Å²) in [7, 11) is 0. The second kappa shape index (κ2) is 9.76. The maximum absolute atomic E-state index is 12.4. The van der Waals surface area contributed by atoms with E-state index in [1.165, 1.54) is 0 Å². The van der Waals surface area contributed by atoms with Crippen molar-refractivity contribution in [3.63, 3.8) is 0 Å². The Kier molecular flexibility index (Phi) is 6.43. The molecule has 0 bridgehead atoms. The summed E-state index contributed by atoms with van der Waals surface area (Å²) in [6.45, 7) is 0.521. The Bertz CT molecular complexity index is 1390. The predicted octanol–water partition coefficient (Wildman–Crippen LogP) is 0.357. The average Bonchev–Trinajstić information content (AvgIpc) is 3.30. The van der Waals surface area contributed by atoms with Crippen molar-refractivity contribution in [3.8, 4) is 5.75 Å². The van der Waals surface area contributed by atoms with E-state index in [0.717, 1.165) is 11.1 Å². The molecule has 162 valence electrons. The number of hydrogen-bond donors (Lipinski definition) is 3. The Morgan fingerprint density at radius 2 is 1.56 bits per heavy atom. The lowest BCUT2D eigenvalue weighted by Crippen LogP contribution is -2.46. The molecule has 0 aliphatic rings. The van der Waals surface area contributed by atoms with Crippen molar-refractivity contribution < 1.29 is 9.84 Å². The third kappa shape index (κ3) is 5.50. The highest BCUT2D eigenvalue weighted by molar-refractivity contribution is 5.50. The molecule has 0 saturated carbocycles. The van der Waals surface area contributed by atoms with Crippen molar-refractivity contribution in [1.82, 2.24) is 19.5 Å². The monoisotopic (exact) mass is 430 g/mol. The summed E-state index contributed by atoms with van der Waals surface area (Å²) in [5, 5.41) is 10.4. The van der Waals surface area contributed by atoms with Crippen LogP contribution in [0.2, 0.25) is 0 Å². The molecule has 0 aliphatic heterocycles. The number of imidazole rings is 1. The van der Waals surface area contributed by atoms with Crippen LogP contribution in [-0.2, 0) is 6.54 Å². The minimum atomic E-state index is -0.676. The predicted molar refractivity (Wildman–Crippen MR) is 121 cm³/mol. The first kappa shape index (κ1) is 21.1. The first-order valence-corrected chi connectivity index (χ1v) is 10.0. The van der Waals surface area contributed by atoms with Gasteiger partial charge in [-0.25, -0.2) is 4.98 Å². The summed E-state index contributed by atoms with van der Waals surface area (Å²) in [5.74, 6) is 0.585. The highest BCUT2D eigenvalue weighted by Gasteiger charge is 2.06. The van der Waals surface area contributed by atoms with E-state index in [1.807, 2.05) is 30.3 Å². The van der Waals surface area contributed by atoms with E-state index in [1.54, 1.807) is 59.7 Å². The normalized spacial score (nSPS) is 13.3. The Balaban J connectivity index is 1.47. The number of hydrogen-bond acceptors (Lipinski definition) is 5. The van der Waals surface area contributed by atoms with Crippen molar-refractivity contribution in [3.05, 3.63) is 116 Å². The van der Waals surface area contributed by atoms with Gasteiger partial charge in [0.15, 0.2) is 0 Å². The van der Waals surface area contributed by atoms with Crippen LogP contribution in [0.15, 0.2) is 82.9 Å². The molecule has 1 atom stereocenters. The molecule has 0 amide bonds. The van der Waals surface area contributed by atoms with E-state index in [4.69, 9.17) is 4.74 Å². The molecule has 1 unspecified atom stereocenters. The van der Waals surface area contributed by atoms with Crippen LogP contribution in [0.4, 0.5) is 0 Å². The van der Waals surface area contributed by atoms with Crippen molar-refractivity contribution >= 4 is 12.2 Å². The topological polar surface area (TPSA) is 113 Å². The van der Waals surface area contributed by atoms with Crippen LogP contribution in [0.1, 0.15) is 11.1 Å². The van der Waals surface area contributed by atoms with Crippen LogP contribution >= 0.6 is 0 Å². The summed E-state index contributed by atoms with van der Waals surface area (Å²) in [4.78, 5) is 34.0. The van der Waals surface area contributed by atoms with Gasteiger partial charge in [-0.3, -0.25) is 9.59 Å². The molecule has 2 aromatic carbocycles. The zero-order valence-corrected chi connectivity index (χ0v) is 17.1. The molecule has 8 heteroatoms. The number of aliphatic hydroxyl groups excluding tert-OH is 1. The van der Waals surface area contributed by atoms with Gasteiger partial charge in [-0.05, 0) is 35.4 Å². The third-order valence-corrected chi connectivity index (χ3v) is 4.71. The van der Waals surface area contributed by atoms with Gasteiger partial charge in [0.2, 0.25) is 0 Å². The second-order valence-corrected chi connectivity index (χ2v) is 7.23. The van der Waals surface area contributed by atoms with Gasteiger partial charge in [0, 0.05) is 12.4 Å². The SMILES string of the molecule is O=c1[nH]/c(=C\c2ccc(OCC(O)Cn3ccnc3)cc2)c(=O)[nH]/c1=C\c1ccccc1. The number of aromatic nitrogens is 4. The number of rotatable bonds is 7. The molecule has 2 aromatic heterocycles. The van der Waals surface area contributed by atoms with Crippen molar-refractivity contribution in [2.24, 2.45) is 0 Å². The summed E-state index contributed by atoms with van der Waals surface area (Å²) in [6.07, 6.45) is 7.58. The number of ether oxygens (including phenoxy) is 1. The summed E-state index contributed by atoms with van der Waals surface area (Å²) >= 11 is 0. The van der Waals surface area contributed by atoms with Crippen molar-refractivity contribution in [1.29, 1.82) is 0 Å². The first-order chi connectivity index (χ1) is 15.6. The van der Waals surface area contributed by atoms with Crippen molar-refractivity contribution in [2.45, 2.75) is 12.6 Å². The standard InChI is InChI=1S/C24H22N4O4/c29-19(14-28-11-10-25-16-28)15-32-20-8-6-18(7-9-20)13-22-24(31)26-21(23(30)27-22)12-17-4-2-1-3-5-17/h1-13,16,19,29H,14-15H2,(H,26,31)(H,27,30)/b21-12-,22-13-. The molecule has 3 N–H and O–H groups in total. The fourth-order valence-corrected chi connectivity index (χ4v) is 3.12. The maximum atomic E-state index is 12.4. The maximum Gasteiger partial charge on any atom is 0.272 e. The van der Waals surface area contributed by atoms with Gasteiger partial charge in [0.1, 0.15) is 29.2 Å². The highest BCUT2D eigenvalue weighted by Crippen LogP contribution is 2.13. The minimum absolute atomic E-state index is 0.133.